The van der Waals surface area contributed by atoms with Crippen LogP contribution < -0.4 is 0 Å². The zero-order chi connectivity index (χ0) is 8.91. The van der Waals surface area contributed by atoms with E-state index in [4.69, 9.17) is 0 Å². The minimum atomic E-state index is -0.0660. The van der Waals surface area contributed by atoms with Gasteiger partial charge in [-0.1, -0.05) is 38.2 Å². The molecule has 0 aliphatic rings. The highest BCUT2D eigenvalue weighted by Gasteiger charge is 2.21. The summed E-state index contributed by atoms with van der Waals surface area (Å²) in [6.07, 6.45) is 8.35. The molecule has 0 nitrogen and oxygen atoms in total. The van der Waals surface area contributed by atoms with E-state index in [0.29, 0.717) is 5.92 Å². The fourth-order valence-corrected chi connectivity index (χ4v) is 1.27. The molecular formula is C10H18S. The lowest BCUT2D eigenvalue weighted by Crippen LogP contribution is -2.22. The third kappa shape index (κ3) is 3.15. The van der Waals surface area contributed by atoms with Crippen molar-refractivity contribution >= 4 is 12.6 Å². The summed E-state index contributed by atoms with van der Waals surface area (Å²) < 4.78 is -0.0660. The first-order valence-corrected chi connectivity index (χ1v) is 4.51. The molecule has 64 valence electrons. The first kappa shape index (κ1) is 10.8. The van der Waals surface area contributed by atoms with Gasteiger partial charge >= 0.3 is 0 Å². The van der Waals surface area contributed by atoms with Crippen LogP contribution in [0.5, 0.6) is 0 Å². The molecule has 0 aliphatic carbocycles. The summed E-state index contributed by atoms with van der Waals surface area (Å²) in [5.74, 6) is 0.526. The van der Waals surface area contributed by atoms with Crippen molar-refractivity contribution < 1.29 is 0 Å². The molecule has 0 spiro atoms. The molecule has 0 saturated heterocycles. The third-order valence-corrected chi connectivity index (χ3v) is 2.61. The monoisotopic (exact) mass is 170 g/mol. The van der Waals surface area contributed by atoms with Crippen LogP contribution >= 0.6 is 12.6 Å². The summed E-state index contributed by atoms with van der Waals surface area (Å²) in [7, 11) is 0. The van der Waals surface area contributed by atoms with Crippen molar-refractivity contribution in [3.8, 4) is 0 Å². The van der Waals surface area contributed by atoms with Crippen LogP contribution in [0.3, 0.4) is 0 Å². The Kier molecular flexibility index (Phi) is 4.58. The van der Waals surface area contributed by atoms with E-state index in [0.717, 1.165) is 0 Å². The quantitative estimate of drug-likeness (QED) is 0.486. The fraction of sp³-hybridized carbons (Fsp3) is 0.600. The fourth-order valence-electron chi connectivity index (χ4n) is 0.974. The van der Waals surface area contributed by atoms with E-state index in [9.17, 15) is 0 Å². The van der Waals surface area contributed by atoms with Gasteiger partial charge in [0.25, 0.3) is 0 Å². The smallest absolute Gasteiger partial charge is 0.0511 e. The molecule has 0 aromatic rings. The predicted molar refractivity (Wildman–Crippen MR) is 56.2 cm³/mol. The first-order chi connectivity index (χ1) is 5.06. The topological polar surface area (TPSA) is 0 Å². The third-order valence-electron chi connectivity index (χ3n) is 1.79. The van der Waals surface area contributed by atoms with Gasteiger partial charge in [-0.3, -0.25) is 0 Å². The second kappa shape index (κ2) is 4.66. The largest absolute Gasteiger partial charge is 0.164 e. The maximum absolute atomic E-state index is 4.60. The van der Waals surface area contributed by atoms with E-state index in [1.54, 1.807) is 0 Å². The van der Waals surface area contributed by atoms with Crippen LogP contribution in [-0.4, -0.2) is 4.75 Å². The van der Waals surface area contributed by atoms with E-state index >= 15 is 0 Å². The van der Waals surface area contributed by atoms with Gasteiger partial charge in [0.1, 0.15) is 0 Å². The van der Waals surface area contributed by atoms with E-state index < -0.39 is 0 Å². The normalized spacial score (nSPS) is 18.4. The molecule has 0 bridgehead atoms. The zero-order valence-corrected chi connectivity index (χ0v) is 8.73. The number of hydrogen-bond donors (Lipinski definition) is 1. The van der Waals surface area contributed by atoms with Crippen molar-refractivity contribution in [3.05, 3.63) is 24.3 Å². The molecule has 0 unspecified atom stereocenters. The first-order valence-electron chi connectivity index (χ1n) is 4.07. The Morgan fingerprint density at radius 2 is 1.45 bits per heavy atom. The minimum Gasteiger partial charge on any atom is -0.164 e. The maximum Gasteiger partial charge on any atom is 0.0511 e. The van der Waals surface area contributed by atoms with Gasteiger partial charge in [-0.25, -0.2) is 0 Å². The predicted octanol–water partition coefficient (Wildman–Crippen LogP) is 3.46. The minimum absolute atomic E-state index is 0.0660. The molecule has 1 heteroatoms. The van der Waals surface area contributed by atoms with Crippen LogP contribution in [0.1, 0.15) is 27.7 Å². The highest BCUT2D eigenvalue weighted by atomic mass is 32.1. The van der Waals surface area contributed by atoms with Crippen LogP contribution in [0.15, 0.2) is 24.3 Å². The Morgan fingerprint density at radius 3 is 1.64 bits per heavy atom. The van der Waals surface area contributed by atoms with Gasteiger partial charge in [0.2, 0.25) is 0 Å². The molecule has 0 aliphatic heterocycles. The van der Waals surface area contributed by atoms with E-state index in [-0.39, 0.29) is 4.75 Å². The van der Waals surface area contributed by atoms with Crippen LogP contribution in [0.4, 0.5) is 0 Å². The van der Waals surface area contributed by atoms with Crippen molar-refractivity contribution in [1.29, 1.82) is 0 Å². The summed E-state index contributed by atoms with van der Waals surface area (Å²) in [4.78, 5) is 0. The molecule has 0 atom stereocenters. The molecule has 11 heavy (non-hydrogen) atoms. The number of allylic oxidation sites excluding steroid dienone is 2. The SMILES string of the molecule is CC=CC(S)(C=CC)C(C)C. The molecule has 0 saturated carbocycles. The summed E-state index contributed by atoms with van der Waals surface area (Å²) >= 11 is 4.60. The van der Waals surface area contributed by atoms with Crippen LogP contribution in [-0.2, 0) is 0 Å². The van der Waals surface area contributed by atoms with Gasteiger partial charge in [0, 0.05) is 0 Å². The molecule has 0 aromatic heterocycles. The summed E-state index contributed by atoms with van der Waals surface area (Å²) in [6.45, 7) is 8.40. The van der Waals surface area contributed by atoms with Gasteiger partial charge in [-0.15, -0.1) is 0 Å². The Hall–Kier alpha value is -0.170. The average Bonchev–Trinajstić information content (AvgIpc) is 1.88. The lowest BCUT2D eigenvalue weighted by atomic mass is 9.94. The molecule has 0 fully saturated rings. The van der Waals surface area contributed by atoms with Gasteiger partial charge in [0.15, 0.2) is 0 Å². The summed E-state index contributed by atoms with van der Waals surface area (Å²) in [5.41, 5.74) is 0. The van der Waals surface area contributed by atoms with Crippen molar-refractivity contribution in [2.45, 2.75) is 32.4 Å². The standard InChI is InChI=1S/C10H18S/c1-5-7-10(11,8-6-2)9(3)4/h5-9,11H,1-4H3. The second-order valence-electron chi connectivity index (χ2n) is 3.04. The lowest BCUT2D eigenvalue weighted by molar-refractivity contribution is 0.593. The second-order valence-corrected chi connectivity index (χ2v) is 3.82. The highest BCUT2D eigenvalue weighted by Crippen LogP contribution is 2.27. The van der Waals surface area contributed by atoms with Crippen molar-refractivity contribution in [2.75, 3.05) is 0 Å². The summed E-state index contributed by atoms with van der Waals surface area (Å²) in [5, 5.41) is 0. The van der Waals surface area contributed by atoms with E-state index in [1.165, 1.54) is 0 Å². The Balaban J connectivity index is 4.51. The van der Waals surface area contributed by atoms with Crippen molar-refractivity contribution in [3.63, 3.8) is 0 Å². The van der Waals surface area contributed by atoms with E-state index in [2.05, 4.69) is 38.6 Å². The lowest BCUT2D eigenvalue weighted by Gasteiger charge is -2.25. The Labute approximate surface area is 75.8 Å². The van der Waals surface area contributed by atoms with Crippen molar-refractivity contribution in [1.82, 2.24) is 0 Å². The molecular weight excluding hydrogens is 152 g/mol. The molecule has 0 rings (SSSR count). The van der Waals surface area contributed by atoms with Gasteiger partial charge in [-0.2, -0.15) is 12.6 Å². The number of rotatable bonds is 3. The number of thiol groups is 1. The van der Waals surface area contributed by atoms with Gasteiger partial charge in [-0.05, 0) is 19.8 Å². The number of hydrogen-bond acceptors (Lipinski definition) is 1. The Bertz CT molecular complexity index is 142. The highest BCUT2D eigenvalue weighted by molar-refractivity contribution is 7.82. The molecule has 0 N–H and O–H groups in total. The van der Waals surface area contributed by atoms with Gasteiger partial charge in [0.05, 0.1) is 4.75 Å². The Morgan fingerprint density at radius 1 is 1.09 bits per heavy atom. The zero-order valence-electron chi connectivity index (χ0n) is 7.83. The molecule has 0 aromatic carbocycles. The van der Waals surface area contributed by atoms with Crippen molar-refractivity contribution in [2.24, 2.45) is 5.92 Å². The maximum atomic E-state index is 4.60. The molecule has 0 heterocycles. The molecule has 0 amide bonds. The molecule has 0 radical (unpaired) electrons. The van der Waals surface area contributed by atoms with Crippen LogP contribution in [0.25, 0.3) is 0 Å². The van der Waals surface area contributed by atoms with Crippen LogP contribution in [0.2, 0.25) is 0 Å². The summed E-state index contributed by atoms with van der Waals surface area (Å²) in [6, 6.07) is 0. The average molecular weight is 170 g/mol. The van der Waals surface area contributed by atoms with Gasteiger partial charge < -0.3 is 0 Å². The van der Waals surface area contributed by atoms with Crippen LogP contribution in [0, 0.1) is 5.92 Å². The van der Waals surface area contributed by atoms with E-state index in [1.807, 2.05) is 26.0 Å².